The standard InChI is InChI=1S/C10H21O2.C7H15O2.2Li/c1-3-5-6-7-8-9(4-2)10(11)12;1-3-5-6(4-2)7(8)9;;/h9-12H,1,3-8H2,2H3;6-9H,1,3-5H2,2H3;;/q2*-1;2*+1. The molecule has 0 saturated carbocycles. The topological polar surface area (TPSA) is 80.9 Å². The molecule has 0 aromatic carbocycles. The van der Waals surface area contributed by atoms with E-state index in [-0.39, 0.29) is 49.6 Å². The Labute approximate surface area is 167 Å². The molecule has 0 spiro atoms. The van der Waals surface area contributed by atoms with Gasteiger partial charge in [-0.1, -0.05) is 39.5 Å². The summed E-state index contributed by atoms with van der Waals surface area (Å²) in [5.41, 5.74) is 0. The van der Waals surface area contributed by atoms with Gasteiger partial charge >= 0.3 is 37.7 Å². The summed E-state index contributed by atoms with van der Waals surface area (Å²) in [5.74, 6) is 0.0808. The largest absolute Gasteiger partial charge is 1.00 e. The molecule has 23 heavy (non-hydrogen) atoms. The van der Waals surface area contributed by atoms with Gasteiger partial charge in [0.1, 0.15) is 0 Å². The Kier molecular flexibility index (Phi) is 31.8. The molecule has 0 rings (SSSR count). The third-order valence-electron chi connectivity index (χ3n) is 3.79. The molecule has 130 valence electrons. The van der Waals surface area contributed by atoms with Crippen LogP contribution in [-0.4, -0.2) is 33.0 Å². The molecule has 0 aromatic rings. The summed E-state index contributed by atoms with van der Waals surface area (Å²) in [6.45, 7) is 11.3. The molecule has 0 fully saturated rings. The number of hydrogen-bond acceptors (Lipinski definition) is 4. The van der Waals surface area contributed by atoms with Gasteiger partial charge in [-0.25, -0.2) is 0 Å². The van der Waals surface area contributed by atoms with Crippen LogP contribution >= 0.6 is 0 Å². The van der Waals surface area contributed by atoms with Gasteiger partial charge < -0.3 is 34.3 Å². The molecule has 2 atom stereocenters. The summed E-state index contributed by atoms with van der Waals surface area (Å²) >= 11 is 0. The average Bonchev–Trinajstić information content (AvgIpc) is 2.44. The maximum atomic E-state index is 8.91. The molecule has 0 amide bonds. The fourth-order valence-corrected chi connectivity index (χ4v) is 2.15. The van der Waals surface area contributed by atoms with Gasteiger partial charge in [-0.15, -0.1) is 0 Å². The third kappa shape index (κ3) is 21.0. The van der Waals surface area contributed by atoms with Crippen LogP contribution in [0, 0.1) is 25.7 Å². The molecule has 0 radical (unpaired) electrons. The van der Waals surface area contributed by atoms with Crippen molar-refractivity contribution in [1.29, 1.82) is 0 Å². The minimum atomic E-state index is -1.16. The Bertz CT molecular complexity index is 205. The number of aliphatic hydroxyl groups excluding tert-OH is 2. The molecule has 0 bridgehead atoms. The first-order valence-corrected chi connectivity index (χ1v) is 8.25. The fourth-order valence-electron chi connectivity index (χ4n) is 2.15. The molecule has 2 unspecified atom stereocenters. The summed E-state index contributed by atoms with van der Waals surface area (Å²) in [5, 5.41) is 35.2. The van der Waals surface area contributed by atoms with Gasteiger partial charge in [-0.3, -0.25) is 0 Å². The molecule has 0 aliphatic heterocycles. The molecular formula is C17H36Li2O4. The zero-order chi connectivity index (χ0) is 16.7. The van der Waals surface area contributed by atoms with Crippen molar-refractivity contribution < 1.29 is 58.1 Å². The second-order valence-corrected chi connectivity index (χ2v) is 5.51. The van der Waals surface area contributed by atoms with Crippen molar-refractivity contribution >= 4 is 0 Å². The Balaban J connectivity index is -0.000000149. The van der Waals surface area contributed by atoms with E-state index in [1.165, 1.54) is 0 Å². The molecule has 0 saturated heterocycles. The normalized spacial score (nSPS) is 12.8. The average molecular weight is 318 g/mol. The maximum absolute atomic E-state index is 8.91. The van der Waals surface area contributed by atoms with E-state index in [1.54, 1.807) is 0 Å². The van der Waals surface area contributed by atoms with Crippen molar-refractivity contribution in [3.63, 3.8) is 0 Å². The zero-order valence-electron chi connectivity index (χ0n) is 15.9. The van der Waals surface area contributed by atoms with Gasteiger partial charge in [0.2, 0.25) is 0 Å². The first kappa shape index (κ1) is 31.8. The van der Waals surface area contributed by atoms with Crippen LogP contribution in [0.1, 0.15) is 71.6 Å². The predicted octanol–water partition coefficient (Wildman–Crippen LogP) is -2.95. The first-order chi connectivity index (χ1) is 9.94. The third-order valence-corrected chi connectivity index (χ3v) is 3.79. The Morgan fingerprint density at radius 3 is 1.35 bits per heavy atom. The maximum Gasteiger partial charge on any atom is 1.00 e. The van der Waals surface area contributed by atoms with Crippen LogP contribution in [0.25, 0.3) is 0 Å². The van der Waals surface area contributed by atoms with Gasteiger partial charge in [0, 0.05) is 11.8 Å². The Morgan fingerprint density at radius 2 is 1.09 bits per heavy atom. The molecule has 4 N–H and O–H groups in total. The second-order valence-electron chi connectivity index (χ2n) is 5.51. The number of rotatable bonds is 11. The summed E-state index contributed by atoms with van der Waals surface area (Å²) in [4.78, 5) is 0. The van der Waals surface area contributed by atoms with Crippen LogP contribution in [0.15, 0.2) is 0 Å². The van der Waals surface area contributed by atoms with E-state index in [1.807, 2.05) is 13.8 Å². The summed E-state index contributed by atoms with van der Waals surface area (Å²) in [6.07, 6.45) is 6.26. The SMILES string of the molecule is [CH2-]CCC(CC)C(O)O.[CH2-]CCCCCC(CC)C(O)O.[Li+].[Li+]. The van der Waals surface area contributed by atoms with Crippen molar-refractivity contribution in [2.45, 2.75) is 84.2 Å². The molecular weight excluding hydrogens is 282 g/mol. The molecule has 0 aliphatic rings. The van der Waals surface area contributed by atoms with Crippen molar-refractivity contribution in [2.24, 2.45) is 11.8 Å². The number of aliphatic hydroxyl groups is 4. The number of hydrogen-bond donors (Lipinski definition) is 4. The van der Waals surface area contributed by atoms with Crippen LogP contribution in [0.2, 0.25) is 0 Å². The van der Waals surface area contributed by atoms with E-state index in [0.29, 0.717) is 0 Å². The fraction of sp³-hybridized carbons (Fsp3) is 0.882. The monoisotopic (exact) mass is 318 g/mol. The van der Waals surface area contributed by atoms with E-state index < -0.39 is 12.6 Å². The smallest absolute Gasteiger partial charge is 0.368 e. The quantitative estimate of drug-likeness (QED) is 0.142. The van der Waals surface area contributed by atoms with E-state index in [9.17, 15) is 0 Å². The van der Waals surface area contributed by atoms with Gasteiger partial charge in [-0.05, 0) is 19.3 Å². The Morgan fingerprint density at radius 1 is 0.652 bits per heavy atom. The van der Waals surface area contributed by atoms with Gasteiger partial charge in [0.05, 0.1) is 0 Å². The predicted molar refractivity (Wildman–Crippen MR) is 87.0 cm³/mol. The van der Waals surface area contributed by atoms with E-state index in [4.69, 9.17) is 20.4 Å². The van der Waals surface area contributed by atoms with Crippen LogP contribution in [0.3, 0.4) is 0 Å². The molecule has 0 aliphatic carbocycles. The zero-order valence-corrected chi connectivity index (χ0v) is 15.9. The molecule has 0 aromatic heterocycles. The van der Waals surface area contributed by atoms with Crippen molar-refractivity contribution in [1.82, 2.24) is 0 Å². The summed E-state index contributed by atoms with van der Waals surface area (Å²) < 4.78 is 0. The van der Waals surface area contributed by atoms with Gasteiger partial charge in [0.15, 0.2) is 12.6 Å². The van der Waals surface area contributed by atoms with Crippen molar-refractivity contribution in [2.75, 3.05) is 0 Å². The minimum absolute atomic E-state index is 0. The van der Waals surface area contributed by atoms with Crippen molar-refractivity contribution in [3.8, 4) is 0 Å². The molecule has 6 heteroatoms. The van der Waals surface area contributed by atoms with E-state index in [2.05, 4.69) is 13.8 Å². The molecule has 0 heterocycles. The first-order valence-electron chi connectivity index (χ1n) is 8.25. The van der Waals surface area contributed by atoms with E-state index in [0.717, 1.165) is 57.8 Å². The van der Waals surface area contributed by atoms with E-state index >= 15 is 0 Å². The van der Waals surface area contributed by atoms with Crippen LogP contribution in [0.5, 0.6) is 0 Å². The summed E-state index contributed by atoms with van der Waals surface area (Å²) in [6, 6.07) is 0. The summed E-state index contributed by atoms with van der Waals surface area (Å²) in [7, 11) is 0. The second kappa shape index (κ2) is 23.0. The van der Waals surface area contributed by atoms with Gasteiger partial charge in [-0.2, -0.15) is 12.8 Å². The van der Waals surface area contributed by atoms with Gasteiger partial charge in [0.25, 0.3) is 0 Å². The molecule has 4 nitrogen and oxygen atoms in total. The van der Waals surface area contributed by atoms with Crippen LogP contribution in [0.4, 0.5) is 0 Å². The van der Waals surface area contributed by atoms with Crippen molar-refractivity contribution in [3.05, 3.63) is 13.8 Å². The Hall–Kier alpha value is 1.03. The van der Waals surface area contributed by atoms with Crippen LogP contribution < -0.4 is 37.7 Å². The number of unbranched alkanes of at least 4 members (excludes halogenated alkanes) is 3. The minimum Gasteiger partial charge on any atom is -0.368 e. The van der Waals surface area contributed by atoms with Crippen LogP contribution in [-0.2, 0) is 0 Å².